The fraction of sp³-hybridized carbons (Fsp3) is 0.357. The molecule has 0 aliphatic heterocycles. The molecule has 0 radical (unpaired) electrons. The van der Waals surface area contributed by atoms with Crippen molar-refractivity contribution in [3.05, 3.63) is 34.9 Å². The lowest BCUT2D eigenvalue weighted by Gasteiger charge is -2.26. The lowest BCUT2D eigenvalue weighted by atomic mass is 10.1. The predicted octanol–water partition coefficient (Wildman–Crippen LogP) is 3.43. The summed E-state index contributed by atoms with van der Waals surface area (Å²) in [5.74, 6) is -0.949. The topological polar surface area (TPSA) is 40.5 Å². The van der Waals surface area contributed by atoms with Gasteiger partial charge in [0.05, 0.1) is 10.7 Å². The van der Waals surface area contributed by atoms with E-state index >= 15 is 0 Å². The number of carboxylic acid groups (broad SMARTS) is 1. The van der Waals surface area contributed by atoms with Crippen LogP contribution < -0.4 is 4.90 Å². The van der Waals surface area contributed by atoms with Crippen molar-refractivity contribution in [2.75, 3.05) is 11.4 Å². The van der Waals surface area contributed by atoms with E-state index in [4.69, 9.17) is 16.7 Å². The molecular formula is C14H16ClNO2. The zero-order valence-electron chi connectivity index (χ0n) is 10.3. The molecule has 0 aromatic heterocycles. The summed E-state index contributed by atoms with van der Waals surface area (Å²) in [4.78, 5) is 12.9. The van der Waals surface area contributed by atoms with Crippen molar-refractivity contribution < 1.29 is 9.90 Å². The van der Waals surface area contributed by atoms with Gasteiger partial charge in [-0.25, -0.2) is 4.79 Å². The van der Waals surface area contributed by atoms with Crippen LogP contribution in [0.3, 0.4) is 0 Å². The van der Waals surface area contributed by atoms with Gasteiger partial charge in [0.15, 0.2) is 0 Å². The number of carboxylic acids is 1. The Balaban J connectivity index is 2.39. The Morgan fingerprint density at radius 3 is 2.83 bits per heavy atom. The molecule has 3 nitrogen and oxygen atoms in total. The minimum atomic E-state index is -0.949. The van der Waals surface area contributed by atoms with Crippen LogP contribution in [0, 0.1) is 0 Å². The van der Waals surface area contributed by atoms with E-state index in [2.05, 4.69) is 11.8 Å². The number of hydrogen-bond acceptors (Lipinski definition) is 2. The number of halogens is 1. The summed E-state index contributed by atoms with van der Waals surface area (Å²) in [5.41, 5.74) is 1.81. The Kier molecular flexibility index (Phi) is 3.92. The zero-order chi connectivity index (χ0) is 13.1. The maximum absolute atomic E-state index is 10.6. The van der Waals surface area contributed by atoms with Gasteiger partial charge in [0.2, 0.25) is 0 Å². The number of nitrogens with zero attached hydrogens (tertiary/aromatic N) is 1. The minimum absolute atomic E-state index is 0.548. The molecular weight excluding hydrogens is 250 g/mol. The van der Waals surface area contributed by atoms with E-state index in [1.54, 1.807) is 6.08 Å². The molecule has 0 heterocycles. The van der Waals surface area contributed by atoms with E-state index in [1.807, 2.05) is 18.2 Å². The van der Waals surface area contributed by atoms with E-state index in [-0.39, 0.29) is 0 Å². The number of carbonyl (C=O) groups is 1. The van der Waals surface area contributed by atoms with Gasteiger partial charge in [-0.2, -0.15) is 0 Å². The van der Waals surface area contributed by atoms with E-state index in [0.717, 1.165) is 23.9 Å². The van der Waals surface area contributed by atoms with Crippen molar-refractivity contribution in [1.29, 1.82) is 0 Å². The summed E-state index contributed by atoms with van der Waals surface area (Å²) in [5, 5.41) is 9.40. The average molecular weight is 266 g/mol. The monoisotopic (exact) mass is 265 g/mol. The van der Waals surface area contributed by atoms with E-state index < -0.39 is 5.97 Å². The van der Waals surface area contributed by atoms with Crippen LogP contribution in [-0.2, 0) is 4.79 Å². The van der Waals surface area contributed by atoms with Crippen LogP contribution in [0.4, 0.5) is 5.69 Å². The Labute approximate surface area is 112 Å². The minimum Gasteiger partial charge on any atom is -0.478 e. The molecule has 0 amide bonds. The molecule has 1 aromatic rings. The van der Waals surface area contributed by atoms with Crippen LogP contribution in [0.15, 0.2) is 24.3 Å². The Hall–Kier alpha value is -1.48. The maximum Gasteiger partial charge on any atom is 0.328 e. The summed E-state index contributed by atoms with van der Waals surface area (Å²) in [6.07, 6.45) is 5.12. The second-order valence-corrected chi connectivity index (χ2v) is 4.77. The molecule has 0 atom stereocenters. The molecule has 0 unspecified atom stereocenters. The molecule has 0 spiro atoms. The summed E-state index contributed by atoms with van der Waals surface area (Å²) < 4.78 is 0. The van der Waals surface area contributed by atoms with Gasteiger partial charge in [-0.1, -0.05) is 23.7 Å². The molecule has 1 N–H and O–H groups in total. The first kappa shape index (κ1) is 13.0. The normalized spacial score (nSPS) is 15.0. The highest BCUT2D eigenvalue weighted by molar-refractivity contribution is 6.33. The Morgan fingerprint density at radius 1 is 1.56 bits per heavy atom. The summed E-state index contributed by atoms with van der Waals surface area (Å²) in [6, 6.07) is 6.13. The van der Waals surface area contributed by atoms with Crippen molar-refractivity contribution in [1.82, 2.24) is 0 Å². The lowest BCUT2D eigenvalue weighted by Crippen LogP contribution is -2.26. The highest BCUT2D eigenvalue weighted by Gasteiger charge is 2.30. The molecule has 1 aliphatic carbocycles. The first-order valence-corrected chi connectivity index (χ1v) is 6.47. The average Bonchev–Trinajstić information content (AvgIpc) is 3.14. The zero-order valence-corrected chi connectivity index (χ0v) is 11.0. The molecule has 96 valence electrons. The Bertz CT molecular complexity index is 481. The number of hydrogen-bond donors (Lipinski definition) is 1. The van der Waals surface area contributed by atoms with E-state index in [0.29, 0.717) is 11.1 Å². The summed E-state index contributed by atoms with van der Waals surface area (Å²) >= 11 is 6.27. The number of aliphatic carboxylic acids is 1. The van der Waals surface area contributed by atoms with E-state index in [9.17, 15) is 4.79 Å². The van der Waals surface area contributed by atoms with Crippen molar-refractivity contribution in [2.45, 2.75) is 25.8 Å². The van der Waals surface area contributed by atoms with Crippen molar-refractivity contribution in [2.24, 2.45) is 0 Å². The quantitative estimate of drug-likeness (QED) is 0.830. The van der Waals surface area contributed by atoms with Gasteiger partial charge in [-0.05, 0) is 37.5 Å². The molecule has 1 fully saturated rings. The van der Waals surface area contributed by atoms with Gasteiger partial charge in [-0.15, -0.1) is 0 Å². The van der Waals surface area contributed by atoms with Gasteiger partial charge in [0, 0.05) is 18.7 Å². The maximum atomic E-state index is 10.6. The van der Waals surface area contributed by atoms with Gasteiger partial charge in [-0.3, -0.25) is 0 Å². The number of rotatable bonds is 5. The first-order valence-electron chi connectivity index (χ1n) is 6.09. The molecule has 4 heteroatoms. The molecule has 1 aliphatic rings. The van der Waals surface area contributed by atoms with Crippen LogP contribution in [0.1, 0.15) is 25.3 Å². The number of para-hydroxylation sites is 1. The highest BCUT2D eigenvalue weighted by Crippen LogP contribution is 2.38. The SMILES string of the molecule is CCN(c1c(Cl)cccc1/C=C/C(=O)O)C1CC1. The Morgan fingerprint density at radius 2 is 2.28 bits per heavy atom. The van der Waals surface area contributed by atoms with E-state index in [1.165, 1.54) is 12.8 Å². The predicted molar refractivity (Wildman–Crippen MR) is 74.2 cm³/mol. The van der Waals surface area contributed by atoms with Crippen LogP contribution >= 0.6 is 11.6 Å². The lowest BCUT2D eigenvalue weighted by molar-refractivity contribution is -0.131. The molecule has 0 bridgehead atoms. The van der Waals surface area contributed by atoms with Crippen molar-refractivity contribution in [3.8, 4) is 0 Å². The van der Waals surface area contributed by atoms with Crippen LogP contribution in [0.25, 0.3) is 6.08 Å². The number of anilines is 1. The third-order valence-corrected chi connectivity index (χ3v) is 3.34. The molecule has 0 saturated heterocycles. The van der Waals surface area contributed by atoms with Crippen molar-refractivity contribution >= 4 is 29.3 Å². The molecule has 18 heavy (non-hydrogen) atoms. The number of benzene rings is 1. The highest BCUT2D eigenvalue weighted by atomic mass is 35.5. The molecule has 1 aromatic carbocycles. The van der Waals surface area contributed by atoms with Gasteiger partial charge in [0.25, 0.3) is 0 Å². The molecule has 1 saturated carbocycles. The van der Waals surface area contributed by atoms with Gasteiger partial charge in [0.1, 0.15) is 0 Å². The fourth-order valence-electron chi connectivity index (χ4n) is 2.12. The van der Waals surface area contributed by atoms with Crippen LogP contribution in [-0.4, -0.2) is 23.7 Å². The second-order valence-electron chi connectivity index (χ2n) is 4.37. The third-order valence-electron chi connectivity index (χ3n) is 3.04. The van der Waals surface area contributed by atoms with Crippen LogP contribution in [0.2, 0.25) is 5.02 Å². The van der Waals surface area contributed by atoms with Crippen LogP contribution in [0.5, 0.6) is 0 Å². The smallest absolute Gasteiger partial charge is 0.328 e. The first-order chi connectivity index (χ1) is 8.63. The largest absolute Gasteiger partial charge is 0.478 e. The second kappa shape index (κ2) is 5.44. The third kappa shape index (κ3) is 2.85. The van der Waals surface area contributed by atoms with Gasteiger partial charge < -0.3 is 10.0 Å². The van der Waals surface area contributed by atoms with Gasteiger partial charge >= 0.3 is 5.97 Å². The molecule has 2 rings (SSSR count). The summed E-state index contributed by atoms with van der Waals surface area (Å²) in [6.45, 7) is 2.97. The fourth-order valence-corrected chi connectivity index (χ4v) is 2.41. The summed E-state index contributed by atoms with van der Waals surface area (Å²) in [7, 11) is 0. The van der Waals surface area contributed by atoms with Crippen molar-refractivity contribution in [3.63, 3.8) is 0 Å². The standard InChI is InChI=1S/C14H16ClNO2/c1-2-16(11-7-8-11)14-10(6-9-13(17)18)4-3-5-12(14)15/h3-6,9,11H,2,7-8H2,1H3,(H,17,18)/b9-6+.